The SMILES string of the molecule is CCc1cccc(-c2cnc(C(=O)N3CCC(CN4CCN(CC(=O)N5CCN(C=O)CC5)CC4)CC3)c(C(=O)NC)c2)c1. The van der Waals surface area contributed by atoms with Crippen LogP contribution in [0.1, 0.15) is 46.2 Å². The lowest BCUT2D eigenvalue weighted by Crippen LogP contribution is -2.54. The highest BCUT2D eigenvalue weighted by molar-refractivity contribution is 6.06. The lowest BCUT2D eigenvalue weighted by Gasteiger charge is -2.39. The van der Waals surface area contributed by atoms with Crippen LogP contribution in [0.3, 0.4) is 0 Å². The van der Waals surface area contributed by atoms with E-state index in [1.54, 1.807) is 24.2 Å². The van der Waals surface area contributed by atoms with Crippen molar-refractivity contribution in [1.29, 1.82) is 0 Å². The topological polar surface area (TPSA) is 109 Å². The molecule has 0 atom stereocenters. The average molecular weight is 604 g/mol. The van der Waals surface area contributed by atoms with E-state index in [1.807, 2.05) is 21.9 Å². The summed E-state index contributed by atoms with van der Waals surface area (Å²) in [5, 5.41) is 2.67. The minimum Gasteiger partial charge on any atom is -0.355 e. The number of hydrogen-bond acceptors (Lipinski definition) is 7. The van der Waals surface area contributed by atoms with E-state index in [2.05, 4.69) is 39.2 Å². The average Bonchev–Trinajstić information content (AvgIpc) is 3.08. The van der Waals surface area contributed by atoms with Crippen molar-refractivity contribution >= 4 is 24.1 Å². The third kappa shape index (κ3) is 7.62. The van der Waals surface area contributed by atoms with Crippen molar-refractivity contribution in [2.75, 3.05) is 85.6 Å². The number of rotatable bonds is 9. The van der Waals surface area contributed by atoms with E-state index in [-0.39, 0.29) is 23.4 Å². The Kier molecular flexibility index (Phi) is 10.6. The Bertz CT molecular complexity index is 1330. The number of piperazine rings is 2. The number of likely N-dealkylation sites (tertiary alicyclic amines) is 1. The van der Waals surface area contributed by atoms with Crippen LogP contribution in [0.5, 0.6) is 0 Å². The predicted molar refractivity (Wildman–Crippen MR) is 168 cm³/mol. The summed E-state index contributed by atoms with van der Waals surface area (Å²) in [5.74, 6) is 0.142. The van der Waals surface area contributed by atoms with Crippen molar-refractivity contribution in [2.45, 2.75) is 26.2 Å². The summed E-state index contributed by atoms with van der Waals surface area (Å²) in [6, 6.07) is 9.94. The molecular weight excluding hydrogens is 558 g/mol. The molecule has 0 spiro atoms. The van der Waals surface area contributed by atoms with Crippen molar-refractivity contribution in [3.05, 3.63) is 53.3 Å². The quantitative estimate of drug-likeness (QED) is 0.432. The lowest BCUT2D eigenvalue weighted by molar-refractivity contribution is -0.136. The number of amides is 4. The van der Waals surface area contributed by atoms with Gasteiger partial charge in [-0.2, -0.15) is 0 Å². The van der Waals surface area contributed by atoms with E-state index in [4.69, 9.17) is 0 Å². The van der Waals surface area contributed by atoms with Crippen molar-refractivity contribution in [2.24, 2.45) is 5.92 Å². The molecule has 3 aliphatic rings. The fourth-order valence-electron chi connectivity index (χ4n) is 6.40. The summed E-state index contributed by atoms with van der Waals surface area (Å²) in [5.41, 5.74) is 3.50. The summed E-state index contributed by atoms with van der Waals surface area (Å²) in [6.07, 6.45) is 5.29. The van der Waals surface area contributed by atoms with Crippen molar-refractivity contribution in [3.63, 3.8) is 0 Å². The Balaban J connectivity index is 1.10. The summed E-state index contributed by atoms with van der Waals surface area (Å²) >= 11 is 0. The molecule has 0 saturated carbocycles. The Morgan fingerprint density at radius 2 is 1.59 bits per heavy atom. The molecule has 0 bridgehead atoms. The third-order valence-electron chi connectivity index (χ3n) is 9.29. The molecule has 0 radical (unpaired) electrons. The predicted octanol–water partition coefficient (Wildman–Crippen LogP) is 1.44. The van der Waals surface area contributed by atoms with Gasteiger partial charge in [0.25, 0.3) is 11.8 Å². The van der Waals surface area contributed by atoms with Crippen molar-refractivity contribution < 1.29 is 19.2 Å². The van der Waals surface area contributed by atoms with Gasteiger partial charge in [-0.1, -0.05) is 31.2 Å². The minimum atomic E-state index is -0.314. The molecule has 4 amide bonds. The van der Waals surface area contributed by atoms with E-state index in [1.165, 1.54) is 5.56 Å². The molecule has 11 heteroatoms. The first kappa shape index (κ1) is 31.6. The summed E-state index contributed by atoms with van der Waals surface area (Å²) in [4.78, 5) is 64.7. The van der Waals surface area contributed by atoms with E-state index in [0.29, 0.717) is 57.3 Å². The number of aryl methyl sites for hydroxylation is 1. The van der Waals surface area contributed by atoms with Crippen LogP contribution in [0.2, 0.25) is 0 Å². The number of benzene rings is 1. The first-order valence-electron chi connectivity index (χ1n) is 15.9. The summed E-state index contributed by atoms with van der Waals surface area (Å²) in [6.45, 7) is 10.9. The molecule has 0 aliphatic carbocycles. The monoisotopic (exact) mass is 603 g/mol. The summed E-state index contributed by atoms with van der Waals surface area (Å²) < 4.78 is 0. The lowest BCUT2D eigenvalue weighted by atomic mass is 9.95. The van der Waals surface area contributed by atoms with Gasteiger partial charge in [-0.05, 0) is 42.4 Å². The van der Waals surface area contributed by atoms with Gasteiger partial charge in [0.1, 0.15) is 5.69 Å². The van der Waals surface area contributed by atoms with Crippen LogP contribution >= 0.6 is 0 Å². The van der Waals surface area contributed by atoms with E-state index in [0.717, 1.165) is 69.5 Å². The van der Waals surface area contributed by atoms with Gasteiger partial charge in [0, 0.05) is 90.8 Å². The normalized spacial score (nSPS) is 18.7. The second kappa shape index (κ2) is 14.8. The van der Waals surface area contributed by atoms with Crippen LogP contribution < -0.4 is 5.32 Å². The highest BCUT2D eigenvalue weighted by atomic mass is 16.2. The second-order valence-electron chi connectivity index (χ2n) is 12.1. The zero-order valence-corrected chi connectivity index (χ0v) is 26.0. The first-order chi connectivity index (χ1) is 21.4. The van der Waals surface area contributed by atoms with Gasteiger partial charge < -0.3 is 24.9 Å². The van der Waals surface area contributed by atoms with Crippen molar-refractivity contribution in [1.82, 2.24) is 34.8 Å². The van der Waals surface area contributed by atoms with Gasteiger partial charge in [-0.3, -0.25) is 24.1 Å². The maximum absolute atomic E-state index is 13.6. The molecule has 4 heterocycles. The number of aromatic nitrogens is 1. The molecule has 1 aromatic carbocycles. The molecule has 3 fully saturated rings. The van der Waals surface area contributed by atoms with Crippen LogP contribution in [0.25, 0.3) is 11.1 Å². The Hall–Kier alpha value is -3.83. The minimum absolute atomic E-state index is 0.149. The zero-order chi connectivity index (χ0) is 31.1. The summed E-state index contributed by atoms with van der Waals surface area (Å²) in [7, 11) is 1.57. The number of carbonyl (C=O) groups excluding carboxylic acids is 4. The fourth-order valence-corrected chi connectivity index (χ4v) is 6.40. The van der Waals surface area contributed by atoms with Crippen LogP contribution in [-0.4, -0.2) is 139 Å². The van der Waals surface area contributed by atoms with E-state index in [9.17, 15) is 19.2 Å². The molecule has 3 saturated heterocycles. The Labute approximate surface area is 260 Å². The zero-order valence-electron chi connectivity index (χ0n) is 26.0. The van der Waals surface area contributed by atoms with Crippen LogP contribution in [0, 0.1) is 5.92 Å². The molecule has 11 nitrogen and oxygen atoms in total. The van der Waals surface area contributed by atoms with Gasteiger partial charge in [-0.15, -0.1) is 0 Å². The number of nitrogens with one attached hydrogen (secondary N) is 1. The highest BCUT2D eigenvalue weighted by Gasteiger charge is 2.30. The number of hydrogen-bond donors (Lipinski definition) is 1. The molecule has 5 rings (SSSR count). The maximum Gasteiger partial charge on any atom is 0.273 e. The smallest absolute Gasteiger partial charge is 0.273 e. The van der Waals surface area contributed by atoms with Crippen LogP contribution in [0.4, 0.5) is 0 Å². The third-order valence-corrected chi connectivity index (χ3v) is 9.29. The molecule has 0 unspecified atom stereocenters. The molecule has 2 aromatic rings. The van der Waals surface area contributed by atoms with Crippen LogP contribution in [-0.2, 0) is 16.0 Å². The largest absolute Gasteiger partial charge is 0.355 e. The van der Waals surface area contributed by atoms with Crippen LogP contribution in [0.15, 0.2) is 36.5 Å². The fraction of sp³-hybridized carbons (Fsp3) is 0.545. The van der Waals surface area contributed by atoms with Gasteiger partial charge >= 0.3 is 0 Å². The molecular formula is C33H45N7O4. The van der Waals surface area contributed by atoms with Gasteiger partial charge in [0.15, 0.2) is 0 Å². The van der Waals surface area contributed by atoms with Gasteiger partial charge in [0.2, 0.25) is 12.3 Å². The van der Waals surface area contributed by atoms with Gasteiger partial charge in [0.05, 0.1) is 12.1 Å². The number of nitrogens with zero attached hydrogens (tertiary/aromatic N) is 6. The van der Waals surface area contributed by atoms with Crippen molar-refractivity contribution in [3.8, 4) is 11.1 Å². The molecule has 1 N–H and O–H groups in total. The number of piperidine rings is 1. The number of carbonyl (C=O) groups is 4. The Morgan fingerprint density at radius 1 is 0.886 bits per heavy atom. The molecule has 3 aliphatic heterocycles. The second-order valence-corrected chi connectivity index (χ2v) is 12.1. The van der Waals surface area contributed by atoms with E-state index < -0.39 is 0 Å². The standard InChI is InChI=1S/C33H45N7O4/c1-3-25-5-4-6-27(19-25)28-20-29(32(43)34-2)31(35-21-28)33(44)40-9-7-26(8-10-40)22-36-11-13-37(14-12-36)23-30(42)39-17-15-38(24-41)16-18-39/h4-6,19-21,24,26H,3,7-18,22-23H2,1-2H3,(H,34,43). The first-order valence-corrected chi connectivity index (χ1v) is 15.9. The highest BCUT2D eigenvalue weighted by Crippen LogP contribution is 2.25. The molecule has 1 aromatic heterocycles. The van der Waals surface area contributed by atoms with E-state index >= 15 is 0 Å². The number of pyridine rings is 1. The molecule has 236 valence electrons. The van der Waals surface area contributed by atoms with Gasteiger partial charge in [-0.25, -0.2) is 4.98 Å². The molecule has 44 heavy (non-hydrogen) atoms. The Morgan fingerprint density at radius 3 is 2.25 bits per heavy atom. The maximum atomic E-state index is 13.6.